The first-order chi connectivity index (χ1) is 18.0. The number of unbranched alkanes of at least 4 members (excludes halogenated alkanes) is 1. The summed E-state index contributed by atoms with van der Waals surface area (Å²) in [6, 6.07) is 0.873. The zero-order valence-electron chi connectivity index (χ0n) is 21.2. The van der Waals surface area contributed by atoms with E-state index in [4.69, 9.17) is 16.6 Å². The van der Waals surface area contributed by atoms with Gasteiger partial charge < -0.3 is 42.7 Å². The summed E-state index contributed by atoms with van der Waals surface area (Å²) in [7, 11) is 0. The van der Waals surface area contributed by atoms with E-state index in [0.29, 0.717) is 37.1 Å². The third-order valence-corrected chi connectivity index (χ3v) is 6.20. The monoisotopic (exact) mass is 555 g/mol. The summed E-state index contributed by atoms with van der Waals surface area (Å²) in [5, 5.41) is 35.1. The zero-order valence-corrected chi connectivity index (χ0v) is 22.0. The Balaban J connectivity index is 3.10. The van der Waals surface area contributed by atoms with Crippen molar-refractivity contribution in [3.63, 3.8) is 0 Å². The summed E-state index contributed by atoms with van der Waals surface area (Å²) >= 11 is 1.45. The molecule has 38 heavy (non-hydrogen) atoms. The molecule has 0 heterocycles. The largest absolute Gasteiger partial charge is 0.508 e. The highest BCUT2D eigenvalue weighted by Gasteiger charge is 2.31. The quantitative estimate of drug-likeness (QED) is 0.104. The van der Waals surface area contributed by atoms with E-state index in [-0.39, 0.29) is 18.6 Å². The van der Waals surface area contributed by atoms with Crippen LogP contribution in [0.3, 0.4) is 0 Å². The number of carbonyl (C=O) groups is 5. The van der Waals surface area contributed by atoms with Gasteiger partial charge in [0.25, 0.3) is 0 Å². The van der Waals surface area contributed by atoms with E-state index in [1.165, 1.54) is 36.0 Å². The molecule has 0 radical (unpaired) electrons. The summed E-state index contributed by atoms with van der Waals surface area (Å²) in [4.78, 5) is 61.3. The minimum atomic E-state index is -1.72. The molecule has 0 spiro atoms. The number of nitrogens with two attached hydrogens (primary N) is 2. The number of hydrogen-bond acceptors (Lipinski definition) is 9. The first-order valence-electron chi connectivity index (χ1n) is 12.1. The van der Waals surface area contributed by atoms with Gasteiger partial charge in [-0.2, -0.15) is 11.8 Å². The lowest BCUT2D eigenvalue weighted by Crippen LogP contribution is -2.57. The Morgan fingerprint density at radius 2 is 1.45 bits per heavy atom. The number of thioether (sulfide) groups is 1. The highest BCUT2D eigenvalue weighted by molar-refractivity contribution is 7.98. The van der Waals surface area contributed by atoms with Crippen LogP contribution in [0.1, 0.15) is 37.7 Å². The van der Waals surface area contributed by atoms with Crippen LogP contribution >= 0.6 is 11.8 Å². The van der Waals surface area contributed by atoms with Crippen LogP contribution in [0.5, 0.6) is 5.75 Å². The first-order valence-corrected chi connectivity index (χ1v) is 13.5. The number of amides is 3. The van der Waals surface area contributed by atoms with E-state index in [1.54, 1.807) is 0 Å². The Morgan fingerprint density at radius 1 is 0.868 bits per heavy atom. The van der Waals surface area contributed by atoms with Crippen molar-refractivity contribution < 1.29 is 39.3 Å². The van der Waals surface area contributed by atoms with E-state index in [1.807, 2.05) is 6.26 Å². The molecule has 0 fully saturated rings. The Morgan fingerprint density at radius 3 is 2.00 bits per heavy atom. The molecule has 13 nitrogen and oxygen atoms in total. The molecule has 0 aliphatic rings. The molecule has 0 saturated heterocycles. The summed E-state index contributed by atoms with van der Waals surface area (Å²) in [6.45, 7) is 0.465. The molecule has 0 saturated carbocycles. The smallest absolute Gasteiger partial charge is 0.326 e. The molecule has 0 bridgehead atoms. The van der Waals surface area contributed by atoms with Crippen LogP contribution in [-0.2, 0) is 30.4 Å². The van der Waals surface area contributed by atoms with Crippen molar-refractivity contribution in [2.45, 2.75) is 62.7 Å². The third-order valence-electron chi connectivity index (χ3n) is 5.55. The van der Waals surface area contributed by atoms with E-state index in [2.05, 4.69) is 16.0 Å². The number of carbonyl (C=O) groups excluding carboxylic acids is 3. The molecule has 4 atom stereocenters. The standard InChI is InChI=1S/C24H37N5O8S/c1-38-11-9-17(27-21(33)16(26)4-2-3-10-25)22(34)28-18(12-14-5-7-15(30)8-6-14)23(35)29-19(24(36)37)13-20(31)32/h5-8,16-19,30H,2-4,9-13,25-26H2,1H3,(H,27,33)(H,28,34)(H,29,35)(H,31,32)(H,36,37). The number of nitrogens with one attached hydrogen (secondary N) is 3. The molecular formula is C24H37N5O8S. The van der Waals surface area contributed by atoms with Crippen LogP contribution in [0.15, 0.2) is 24.3 Å². The highest BCUT2D eigenvalue weighted by Crippen LogP contribution is 2.12. The lowest BCUT2D eigenvalue weighted by Gasteiger charge is -2.25. The lowest BCUT2D eigenvalue weighted by molar-refractivity contribution is -0.147. The molecule has 3 amide bonds. The number of rotatable bonds is 18. The van der Waals surface area contributed by atoms with Crippen LogP contribution < -0.4 is 27.4 Å². The van der Waals surface area contributed by atoms with Gasteiger partial charge in [0.05, 0.1) is 12.5 Å². The number of phenols is 1. The second kappa shape index (κ2) is 17.2. The summed E-state index contributed by atoms with van der Waals surface area (Å²) in [6.07, 6.45) is 2.82. The fraction of sp³-hybridized carbons (Fsp3) is 0.542. The van der Waals surface area contributed by atoms with Crippen molar-refractivity contribution in [2.24, 2.45) is 11.5 Å². The molecular weight excluding hydrogens is 518 g/mol. The topological polar surface area (TPSA) is 234 Å². The van der Waals surface area contributed by atoms with Gasteiger partial charge in [-0.3, -0.25) is 19.2 Å². The molecule has 0 aromatic heterocycles. The van der Waals surface area contributed by atoms with Crippen LogP contribution in [0.25, 0.3) is 0 Å². The van der Waals surface area contributed by atoms with Crippen molar-refractivity contribution in [1.82, 2.24) is 16.0 Å². The number of phenolic OH excluding ortho intramolecular Hbond substituents is 1. The normalized spacial score (nSPS) is 14.0. The first kappa shape index (κ1) is 32.7. The van der Waals surface area contributed by atoms with Crippen LogP contribution in [0, 0.1) is 0 Å². The van der Waals surface area contributed by atoms with Crippen molar-refractivity contribution in [3.05, 3.63) is 29.8 Å². The van der Waals surface area contributed by atoms with Gasteiger partial charge in [0.1, 0.15) is 23.9 Å². The molecule has 1 aromatic carbocycles. The lowest BCUT2D eigenvalue weighted by atomic mass is 10.0. The van der Waals surface area contributed by atoms with Gasteiger partial charge in [-0.25, -0.2) is 4.79 Å². The maximum absolute atomic E-state index is 13.2. The summed E-state index contributed by atoms with van der Waals surface area (Å²) < 4.78 is 0. The van der Waals surface area contributed by atoms with E-state index in [0.717, 1.165) is 0 Å². The summed E-state index contributed by atoms with van der Waals surface area (Å²) in [5.74, 6) is -4.64. The van der Waals surface area contributed by atoms with E-state index in [9.17, 15) is 34.2 Å². The minimum Gasteiger partial charge on any atom is -0.508 e. The van der Waals surface area contributed by atoms with E-state index >= 15 is 0 Å². The number of aliphatic carboxylic acids is 2. The number of benzene rings is 1. The Bertz CT molecular complexity index is 946. The van der Waals surface area contributed by atoms with Crippen LogP contribution in [-0.4, -0.2) is 87.7 Å². The average Bonchev–Trinajstić information content (AvgIpc) is 2.86. The SMILES string of the molecule is CSCCC(NC(=O)C(N)CCCCN)C(=O)NC(Cc1ccc(O)cc1)C(=O)NC(CC(=O)O)C(=O)O. The summed E-state index contributed by atoms with van der Waals surface area (Å²) in [5.41, 5.74) is 11.9. The Hall–Kier alpha value is -3.36. The van der Waals surface area contributed by atoms with Gasteiger partial charge in [0.15, 0.2) is 0 Å². The third kappa shape index (κ3) is 12.3. The van der Waals surface area contributed by atoms with Gasteiger partial charge in [0.2, 0.25) is 17.7 Å². The average molecular weight is 556 g/mol. The molecule has 14 heteroatoms. The van der Waals surface area contributed by atoms with Crippen molar-refractivity contribution >= 4 is 41.4 Å². The predicted octanol–water partition coefficient (Wildman–Crippen LogP) is -0.842. The van der Waals surface area contributed by atoms with Crippen molar-refractivity contribution in [1.29, 1.82) is 0 Å². The Kier molecular flexibility index (Phi) is 14.8. The van der Waals surface area contributed by atoms with Crippen LogP contribution in [0.2, 0.25) is 0 Å². The minimum absolute atomic E-state index is 0.0196. The van der Waals surface area contributed by atoms with E-state index < -0.39 is 60.2 Å². The fourth-order valence-electron chi connectivity index (χ4n) is 3.42. The molecule has 0 aliphatic carbocycles. The van der Waals surface area contributed by atoms with Gasteiger partial charge in [0, 0.05) is 6.42 Å². The molecule has 0 aliphatic heterocycles. The van der Waals surface area contributed by atoms with Crippen LogP contribution in [0.4, 0.5) is 0 Å². The molecule has 1 rings (SSSR count). The second-order valence-corrected chi connectivity index (χ2v) is 9.65. The number of carboxylic acids is 2. The molecule has 10 N–H and O–H groups in total. The predicted molar refractivity (Wildman–Crippen MR) is 141 cm³/mol. The maximum Gasteiger partial charge on any atom is 0.326 e. The number of hydrogen-bond donors (Lipinski definition) is 8. The molecule has 4 unspecified atom stereocenters. The fourth-order valence-corrected chi connectivity index (χ4v) is 3.89. The van der Waals surface area contributed by atoms with Gasteiger partial charge >= 0.3 is 11.9 Å². The number of aromatic hydroxyl groups is 1. The van der Waals surface area contributed by atoms with Crippen molar-refractivity contribution in [3.8, 4) is 5.75 Å². The molecule has 1 aromatic rings. The highest BCUT2D eigenvalue weighted by atomic mass is 32.2. The van der Waals surface area contributed by atoms with Crippen molar-refractivity contribution in [2.75, 3.05) is 18.6 Å². The maximum atomic E-state index is 13.2. The van der Waals surface area contributed by atoms with Gasteiger partial charge in [-0.15, -0.1) is 0 Å². The Labute approximate surface area is 225 Å². The molecule has 212 valence electrons. The number of carboxylic acid groups (broad SMARTS) is 2. The second-order valence-electron chi connectivity index (χ2n) is 8.66. The van der Waals surface area contributed by atoms with Gasteiger partial charge in [-0.1, -0.05) is 18.6 Å². The zero-order chi connectivity index (χ0) is 28.7. The van der Waals surface area contributed by atoms with Gasteiger partial charge in [-0.05, 0) is 55.5 Å².